The lowest BCUT2D eigenvalue weighted by atomic mass is 10.0. The Kier molecular flexibility index (Phi) is 12.2. The number of nitrogens with one attached hydrogen (secondary N) is 4. The van der Waals surface area contributed by atoms with E-state index in [0.29, 0.717) is 5.56 Å². The van der Waals surface area contributed by atoms with Crippen LogP contribution in [-0.4, -0.2) is 84.3 Å². The fourth-order valence-electron chi connectivity index (χ4n) is 4.52. The molecule has 0 fully saturated rings. The molecule has 0 unspecified atom stereocenters. The lowest BCUT2D eigenvalue weighted by Gasteiger charge is -2.25. The van der Waals surface area contributed by atoms with Gasteiger partial charge in [-0.05, 0) is 42.2 Å². The first-order chi connectivity index (χ1) is 21.1. The maximum atomic E-state index is 13.3. The van der Waals surface area contributed by atoms with Crippen molar-refractivity contribution in [3.8, 4) is 0 Å². The summed E-state index contributed by atoms with van der Waals surface area (Å²) < 4.78 is 24.5. The Morgan fingerprint density at radius 1 is 0.889 bits per heavy atom. The van der Waals surface area contributed by atoms with E-state index in [1.807, 2.05) is 24.3 Å². The summed E-state index contributed by atoms with van der Waals surface area (Å²) in [5.74, 6) is -5.65. The molecule has 1 heterocycles. The van der Waals surface area contributed by atoms with E-state index in [1.165, 1.54) is 0 Å². The van der Waals surface area contributed by atoms with Crippen molar-refractivity contribution in [3.05, 3.63) is 70.3 Å². The summed E-state index contributed by atoms with van der Waals surface area (Å²) in [5, 5.41) is 17.3. The highest BCUT2D eigenvalue weighted by molar-refractivity contribution is 9.10. The van der Waals surface area contributed by atoms with Crippen molar-refractivity contribution in [2.45, 2.75) is 49.9 Å². The Hall–Kier alpha value is -4.28. The number of benzene rings is 2. The molecule has 4 amide bonds. The maximum absolute atomic E-state index is 13.3. The molecule has 0 saturated heterocycles. The predicted molar refractivity (Wildman–Crippen MR) is 169 cm³/mol. The van der Waals surface area contributed by atoms with Gasteiger partial charge in [0, 0.05) is 34.2 Å². The van der Waals surface area contributed by atoms with E-state index in [1.54, 1.807) is 30.5 Å². The predicted octanol–water partition coefficient (Wildman–Crippen LogP) is -0.108. The third-order valence-corrected chi connectivity index (χ3v) is 8.39. The zero-order valence-electron chi connectivity index (χ0n) is 24.3. The zero-order valence-corrected chi connectivity index (χ0v) is 26.7. The number of rotatable bonds is 16. The van der Waals surface area contributed by atoms with Crippen molar-refractivity contribution >= 4 is 66.3 Å². The summed E-state index contributed by atoms with van der Waals surface area (Å²) in [6, 6.07) is 8.65. The molecular formula is C29H35BrN6O8S. The minimum Gasteiger partial charge on any atom is -0.481 e. The first-order valence-electron chi connectivity index (χ1n) is 13.8. The minimum absolute atomic E-state index is 0.0105. The van der Waals surface area contributed by atoms with Crippen molar-refractivity contribution in [1.29, 1.82) is 0 Å². The fourth-order valence-corrected chi connectivity index (χ4v) is 5.45. The molecule has 0 aliphatic heterocycles. The number of aromatic amines is 1. The molecule has 3 aromatic rings. The molecule has 9 N–H and O–H groups in total. The van der Waals surface area contributed by atoms with Crippen molar-refractivity contribution in [3.63, 3.8) is 0 Å². The molecule has 4 atom stereocenters. The first kappa shape index (κ1) is 35.2. The van der Waals surface area contributed by atoms with Gasteiger partial charge in [-0.25, -0.2) is 8.42 Å². The third kappa shape index (κ3) is 11.0. The van der Waals surface area contributed by atoms with Crippen LogP contribution in [0.2, 0.25) is 0 Å². The average molecular weight is 708 g/mol. The fraction of sp³-hybridized carbons (Fsp3) is 0.345. The smallest absolute Gasteiger partial charge is 0.305 e. The number of aromatic nitrogens is 1. The Morgan fingerprint density at radius 2 is 1.49 bits per heavy atom. The summed E-state index contributed by atoms with van der Waals surface area (Å²) in [6.45, 7) is 0. The Morgan fingerprint density at radius 3 is 2.11 bits per heavy atom. The molecule has 0 radical (unpaired) electrons. The van der Waals surface area contributed by atoms with Gasteiger partial charge in [0.25, 0.3) is 0 Å². The number of aliphatic carboxylic acids is 1. The molecule has 45 heavy (non-hydrogen) atoms. The van der Waals surface area contributed by atoms with Gasteiger partial charge in [0.2, 0.25) is 23.6 Å². The largest absolute Gasteiger partial charge is 0.481 e. The molecule has 14 nitrogen and oxygen atoms in total. The van der Waals surface area contributed by atoms with Crippen LogP contribution in [0.5, 0.6) is 0 Å². The molecule has 0 aliphatic rings. The molecule has 0 spiro atoms. The van der Waals surface area contributed by atoms with Crippen LogP contribution >= 0.6 is 15.9 Å². The van der Waals surface area contributed by atoms with Crippen LogP contribution < -0.4 is 27.4 Å². The summed E-state index contributed by atoms with van der Waals surface area (Å²) in [4.78, 5) is 66.3. The van der Waals surface area contributed by atoms with Crippen molar-refractivity contribution < 1.29 is 37.5 Å². The number of hydrogen-bond donors (Lipinski definition) is 7. The summed E-state index contributed by atoms with van der Waals surface area (Å²) >= 11 is 3.30. The number of primary amides is 1. The first-order valence-corrected chi connectivity index (χ1v) is 16.6. The van der Waals surface area contributed by atoms with E-state index in [0.717, 1.165) is 27.2 Å². The van der Waals surface area contributed by atoms with Gasteiger partial charge in [0.05, 0.1) is 18.2 Å². The van der Waals surface area contributed by atoms with E-state index in [9.17, 15) is 37.5 Å². The van der Waals surface area contributed by atoms with Crippen molar-refractivity contribution in [2.24, 2.45) is 11.5 Å². The molecule has 242 valence electrons. The zero-order chi connectivity index (χ0) is 33.3. The van der Waals surface area contributed by atoms with Crippen LogP contribution in [0, 0.1) is 0 Å². The summed E-state index contributed by atoms with van der Waals surface area (Å²) in [7, 11) is -3.59. The quantitative estimate of drug-likeness (QED) is 0.105. The lowest BCUT2D eigenvalue weighted by Crippen LogP contribution is -2.58. The number of sulfone groups is 1. The number of carbonyl (C=O) groups excluding carboxylic acids is 4. The normalized spacial score (nSPS) is 14.1. The van der Waals surface area contributed by atoms with Gasteiger partial charge in [-0.3, -0.25) is 24.0 Å². The molecule has 0 bridgehead atoms. The number of hydrogen-bond acceptors (Lipinski definition) is 8. The van der Waals surface area contributed by atoms with Crippen molar-refractivity contribution in [1.82, 2.24) is 20.9 Å². The Bertz CT molecular complexity index is 1660. The van der Waals surface area contributed by atoms with Gasteiger partial charge in [-0.2, -0.15) is 0 Å². The second-order valence-electron chi connectivity index (χ2n) is 10.6. The van der Waals surface area contributed by atoms with Crippen LogP contribution in [0.1, 0.15) is 24.0 Å². The summed E-state index contributed by atoms with van der Waals surface area (Å²) in [6.07, 6.45) is 1.47. The number of nitrogens with two attached hydrogens (primary N) is 2. The highest BCUT2D eigenvalue weighted by Crippen LogP contribution is 2.19. The molecule has 2 aromatic carbocycles. The number of carboxylic acids is 1. The number of halogens is 1. The summed E-state index contributed by atoms with van der Waals surface area (Å²) in [5.41, 5.74) is 13.8. The molecule has 1 aromatic heterocycles. The maximum Gasteiger partial charge on any atom is 0.305 e. The molecular weight excluding hydrogens is 672 g/mol. The molecule has 3 rings (SSSR count). The van der Waals surface area contributed by atoms with Crippen LogP contribution in [0.3, 0.4) is 0 Å². The lowest BCUT2D eigenvalue weighted by molar-refractivity contribution is -0.141. The highest BCUT2D eigenvalue weighted by atomic mass is 79.9. The number of amides is 4. The second-order valence-corrected chi connectivity index (χ2v) is 13.8. The monoisotopic (exact) mass is 706 g/mol. The van der Waals surface area contributed by atoms with Crippen LogP contribution in [0.4, 0.5) is 0 Å². The van der Waals surface area contributed by atoms with Gasteiger partial charge < -0.3 is 37.5 Å². The van der Waals surface area contributed by atoms with Gasteiger partial charge in [-0.1, -0.05) is 46.3 Å². The number of para-hydroxylation sites is 1. The highest BCUT2D eigenvalue weighted by Gasteiger charge is 2.32. The van der Waals surface area contributed by atoms with Gasteiger partial charge in [0.1, 0.15) is 28.0 Å². The number of carboxylic acid groups (broad SMARTS) is 1. The van der Waals surface area contributed by atoms with E-state index in [2.05, 4.69) is 36.9 Å². The van der Waals surface area contributed by atoms with Crippen LogP contribution in [0.15, 0.2) is 59.2 Å². The van der Waals surface area contributed by atoms with Crippen LogP contribution in [-0.2, 0) is 46.7 Å². The number of carbonyl (C=O) groups is 5. The Balaban J connectivity index is 1.75. The second kappa shape index (κ2) is 15.6. The van der Waals surface area contributed by atoms with Gasteiger partial charge in [-0.15, -0.1) is 0 Å². The van der Waals surface area contributed by atoms with Crippen LogP contribution in [0.25, 0.3) is 10.9 Å². The average Bonchev–Trinajstić information content (AvgIpc) is 3.37. The standard InChI is InChI=1S/C29H35BrN6O8S/c1-45(43,44)11-10-22(34-27(40)20(31)13-17-15-33-21-5-3-2-4-19(17)21)28(41)36-24(14-25(37)38)29(42)35-23(26(32)39)12-16-6-8-18(30)9-7-16/h2-9,15,20,22-24,33H,10-14,31H2,1H3,(H2,32,39)(H,34,40)(H,35,42)(H,36,41)(H,37,38)/t20-,22+,23+,24+/m1/s1. The minimum atomic E-state index is -3.59. The SMILES string of the molecule is CS(=O)(=O)CC[C@H](NC(=O)[C@H](N)Cc1c[nH]c2ccccc12)C(=O)N[C@@H](CC(=O)O)C(=O)N[C@@H](Cc1ccc(Br)cc1)C(N)=O. The van der Waals surface area contributed by atoms with E-state index < -0.39 is 75.8 Å². The number of fused-ring (bicyclic) bond motifs is 1. The van der Waals surface area contributed by atoms with Gasteiger partial charge >= 0.3 is 5.97 Å². The van der Waals surface area contributed by atoms with E-state index in [-0.39, 0.29) is 19.3 Å². The Labute approximate surface area is 267 Å². The van der Waals surface area contributed by atoms with Crippen molar-refractivity contribution in [2.75, 3.05) is 12.0 Å². The molecule has 0 saturated carbocycles. The third-order valence-electron chi connectivity index (χ3n) is 6.89. The topological polar surface area (TPSA) is 244 Å². The van der Waals surface area contributed by atoms with E-state index >= 15 is 0 Å². The number of H-pyrrole nitrogens is 1. The van der Waals surface area contributed by atoms with Gasteiger partial charge in [0.15, 0.2) is 0 Å². The van der Waals surface area contributed by atoms with E-state index in [4.69, 9.17) is 11.5 Å². The molecule has 16 heteroatoms. The molecule has 0 aliphatic carbocycles.